The molecule has 10 heavy (non-hydrogen) atoms. The topological polar surface area (TPSA) is 71.4 Å². The van der Waals surface area contributed by atoms with Crippen molar-refractivity contribution < 1.29 is 16.0 Å². The molecular formula is C3HN3PtS3. The van der Waals surface area contributed by atoms with Crippen molar-refractivity contribution >= 4 is 36.3 Å². The molecule has 0 aromatic carbocycles. The Hall–Kier alpha value is 0.168. The molecule has 0 unspecified atom stereocenters. The number of hydrogen-bond acceptors (Lipinski definition) is 6. The summed E-state index contributed by atoms with van der Waals surface area (Å²) in [6.45, 7) is 0. The Bertz CT molecular complexity index is 160. The van der Waals surface area contributed by atoms with E-state index in [1.54, 1.807) is 5.16 Å². The first-order valence-corrected chi connectivity index (χ1v) is 8.87. The third-order valence-electron chi connectivity index (χ3n) is 0.110. The fraction of sp³-hybridized carbons (Fsp3) is 0. The number of nitrogens with zero attached hydrogens (tertiary/aromatic N) is 2. The zero-order valence-corrected chi connectivity index (χ0v) is 9.16. The Morgan fingerprint density at radius 2 is 1.60 bits per heavy atom. The van der Waals surface area contributed by atoms with Crippen molar-refractivity contribution in [3.8, 4) is 10.8 Å². The van der Waals surface area contributed by atoms with Gasteiger partial charge in [0, 0.05) is 0 Å². The minimum Gasteiger partial charge on any atom is -0.248 e. The molecule has 0 radical (unpaired) electrons. The molecule has 0 aliphatic heterocycles. The van der Waals surface area contributed by atoms with Crippen molar-refractivity contribution in [1.29, 1.82) is 15.9 Å². The molecule has 0 rings (SSSR count). The predicted molar refractivity (Wildman–Crippen MR) is 41.7 cm³/mol. The smallest absolute Gasteiger partial charge is 0.0554 e. The van der Waals surface area contributed by atoms with Crippen LogP contribution < -0.4 is 0 Å². The van der Waals surface area contributed by atoms with Crippen LogP contribution in [0.25, 0.3) is 0 Å². The molecule has 0 atom stereocenters. The maximum absolute atomic E-state index is 7.91. The fourth-order valence-electron chi connectivity index (χ4n) is 0.0367. The van der Waals surface area contributed by atoms with Gasteiger partial charge in [0.1, 0.15) is 0 Å². The number of nitriles is 2. The summed E-state index contributed by atoms with van der Waals surface area (Å²) in [5.74, 6) is 0. The maximum atomic E-state index is 7.91. The molecule has 3 nitrogen and oxygen atoms in total. The van der Waals surface area contributed by atoms with Crippen LogP contribution in [0.2, 0.25) is 0 Å². The summed E-state index contributed by atoms with van der Waals surface area (Å²) >= 11 is 3.54. The van der Waals surface area contributed by atoms with Crippen LogP contribution in [0, 0.1) is 26.7 Å². The Kier molecular flexibility index (Phi) is 20.6. The first-order chi connectivity index (χ1) is 4.83. The minimum atomic E-state index is -0.272. The predicted octanol–water partition coefficient (Wildman–Crippen LogP) is 2.00. The standard InChI is InChI=1S/3CHNS.Pt/c3*2-1-3;/h2*3H;2H;/q;;;+2/p-2. The van der Waals surface area contributed by atoms with E-state index in [0.717, 1.165) is 0 Å². The summed E-state index contributed by atoms with van der Waals surface area (Å²) in [7, 11) is 2.38. The Morgan fingerprint density at radius 1 is 1.30 bits per heavy atom. The zero-order chi connectivity index (χ0) is 8.24. The Balaban J connectivity index is 0. The number of thiocyanates is 2. The molecule has 0 amide bonds. The average Bonchev–Trinajstić information content (AvgIpc) is 1.91. The summed E-state index contributed by atoms with van der Waals surface area (Å²) in [5, 5.41) is 27.0. The quantitative estimate of drug-likeness (QED) is 0.348. The molecular weight excluding hydrogens is 369 g/mol. The van der Waals surface area contributed by atoms with E-state index in [1.165, 1.54) is 18.9 Å². The molecule has 56 valence electrons. The molecule has 0 saturated heterocycles. The van der Waals surface area contributed by atoms with E-state index in [9.17, 15) is 0 Å². The van der Waals surface area contributed by atoms with Crippen molar-refractivity contribution in [2.75, 3.05) is 0 Å². The molecule has 0 aromatic heterocycles. The SMILES string of the molecule is N#C[S][Pt][S]C#N.N=C=S. The Labute approximate surface area is 78.6 Å². The van der Waals surface area contributed by atoms with Gasteiger partial charge in [0.05, 0.1) is 5.16 Å². The molecule has 0 bridgehead atoms. The number of hydrogen-bond donors (Lipinski definition) is 1. The van der Waals surface area contributed by atoms with Crippen LogP contribution in [0.15, 0.2) is 0 Å². The number of isothiocyanates is 1. The van der Waals surface area contributed by atoms with Gasteiger partial charge in [-0.3, -0.25) is 0 Å². The number of thiocarbonyl (C=S) groups is 1. The molecule has 0 aliphatic rings. The summed E-state index contributed by atoms with van der Waals surface area (Å²) in [6.07, 6.45) is 0. The van der Waals surface area contributed by atoms with E-state index in [1.807, 2.05) is 10.8 Å². The van der Waals surface area contributed by atoms with E-state index in [4.69, 9.17) is 15.9 Å². The van der Waals surface area contributed by atoms with Gasteiger partial charge in [-0.2, -0.15) is 0 Å². The van der Waals surface area contributed by atoms with Gasteiger partial charge in [0.15, 0.2) is 0 Å². The normalized spacial score (nSPS) is 5.80. The van der Waals surface area contributed by atoms with E-state index >= 15 is 0 Å². The van der Waals surface area contributed by atoms with Crippen LogP contribution in [-0.4, -0.2) is 5.16 Å². The molecule has 0 spiro atoms. The molecule has 0 heterocycles. The molecule has 0 saturated carbocycles. The largest absolute Gasteiger partial charge is 0.248 e. The molecule has 0 fully saturated rings. The summed E-state index contributed by atoms with van der Waals surface area (Å²) < 4.78 is 0. The second kappa shape index (κ2) is 16.1. The van der Waals surface area contributed by atoms with E-state index in [-0.39, 0.29) is 16.0 Å². The van der Waals surface area contributed by atoms with Gasteiger partial charge in [-0.25, -0.2) is 5.41 Å². The second-order valence-electron chi connectivity index (χ2n) is 0.466. The van der Waals surface area contributed by atoms with Gasteiger partial charge in [-0.1, -0.05) is 0 Å². The average molecular weight is 370 g/mol. The Morgan fingerprint density at radius 3 is 1.80 bits per heavy atom. The van der Waals surface area contributed by atoms with Crippen LogP contribution in [0.5, 0.6) is 0 Å². The van der Waals surface area contributed by atoms with Gasteiger partial charge in [-0.05, 0) is 12.2 Å². The van der Waals surface area contributed by atoms with Crippen molar-refractivity contribution in [3.05, 3.63) is 0 Å². The number of rotatable bonds is 2. The van der Waals surface area contributed by atoms with Gasteiger partial charge in [0.25, 0.3) is 0 Å². The van der Waals surface area contributed by atoms with Gasteiger partial charge in [0.2, 0.25) is 0 Å². The summed E-state index contributed by atoms with van der Waals surface area (Å²) in [6, 6.07) is 0. The van der Waals surface area contributed by atoms with Gasteiger partial charge >= 0.3 is 56.3 Å². The third-order valence-corrected chi connectivity index (χ3v) is 5.30. The second-order valence-corrected chi connectivity index (χ2v) is 7.91. The summed E-state index contributed by atoms with van der Waals surface area (Å²) in [4.78, 5) is 0. The van der Waals surface area contributed by atoms with Crippen molar-refractivity contribution in [1.82, 2.24) is 0 Å². The maximum Gasteiger partial charge on any atom is 0.0554 e. The van der Waals surface area contributed by atoms with Gasteiger partial charge < -0.3 is 0 Å². The van der Waals surface area contributed by atoms with Crippen LogP contribution in [-0.2, 0) is 16.0 Å². The zero-order valence-electron chi connectivity index (χ0n) is 4.44. The van der Waals surface area contributed by atoms with Crippen molar-refractivity contribution in [2.45, 2.75) is 0 Å². The van der Waals surface area contributed by atoms with E-state index < -0.39 is 0 Å². The van der Waals surface area contributed by atoms with Crippen LogP contribution >= 0.6 is 31.2 Å². The molecule has 1 N–H and O–H groups in total. The minimum absolute atomic E-state index is 0.272. The molecule has 0 aliphatic carbocycles. The fourth-order valence-corrected chi connectivity index (χ4v) is 2.71. The molecule has 0 aromatic rings. The van der Waals surface area contributed by atoms with Gasteiger partial charge in [-0.15, -0.1) is 0 Å². The van der Waals surface area contributed by atoms with Crippen molar-refractivity contribution in [2.24, 2.45) is 0 Å². The van der Waals surface area contributed by atoms with E-state index in [2.05, 4.69) is 12.2 Å². The van der Waals surface area contributed by atoms with E-state index in [0.29, 0.717) is 0 Å². The summed E-state index contributed by atoms with van der Waals surface area (Å²) in [5.41, 5.74) is 0. The molecule has 7 heteroatoms. The van der Waals surface area contributed by atoms with Crippen LogP contribution in [0.3, 0.4) is 0 Å². The first-order valence-electron chi connectivity index (χ1n) is 1.57. The first kappa shape index (κ1) is 12.8. The van der Waals surface area contributed by atoms with Crippen LogP contribution in [0.4, 0.5) is 0 Å². The number of nitrogens with one attached hydrogen (secondary N) is 1. The van der Waals surface area contributed by atoms with Crippen molar-refractivity contribution in [3.63, 3.8) is 0 Å². The monoisotopic (exact) mass is 370 g/mol. The van der Waals surface area contributed by atoms with Crippen LogP contribution in [0.1, 0.15) is 0 Å². The third kappa shape index (κ3) is 24.2.